The average molecular weight is 330 g/mol. The van der Waals surface area contributed by atoms with Crippen molar-refractivity contribution in [2.24, 2.45) is 5.92 Å². The van der Waals surface area contributed by atoms with Gasteiger partial charge in [0.15, 0.2) is 0 Å². The van der Waals surface area contributed by atoms with Gasteiger partial charge >= 0.3 is 5.97 Å². The minimum Gasteiger partial charge on any atom is -0.481 e. The first-order valence-electron chi connectivity index (χ1n) is 5.94. The molecule has 6 heteroatoms. The number of nitrogens with zero attached hydrogens (tertiary/aromatic N) is 1. The molecule has 1 fully saturated rings. The lowest BCUT2D eigenvalue weighted by atomic mass is 10.1. The van der Waals surface area contributed by atoms with Gasteiger partial charge in [0.2, 0.25) is 0 Å². The Morgan fingerprint density at radius 3 is 2.89 bits per heavy atom. The van der Waals surface area contributed by atoms with Crippen molar-refractivity contribution in [1.82, 2.24) is 4.90 Å². The summed E-state index contributed by atoms with van der Waals surface area (Å²) in [5.41, 5.74) is 0.274. The Morgan fingerprint density at radius 2 is 2.21 bits per heavy atom. The SMILES string of the molecule is O=C(O)CC1CCN(C(=O)c2cccc(F)c2Br)C1. The van der Waals surface area contributed by atoms with Gasteiger partial charge in [-0.2, -0.15) is 0 Å². The molecule has 1 saturated heterocycles. The molecule has 2 rings (SSSR count). The van der Waals surface area contributed by atoms with E-state index in [0.29, 0.717) is 19.5 Å². The van der Waals surface area contributed by atoms with E-state index in [2.05, 4.69) is 15.9 Å². The third-order valence-corrected chi connectivity index (χ3v) is 4.02. The molecule has 0 saturated carbocycles. The summed E-state index contributed by atoms with van der Waals surface area (Å²) in [4.78, 5) is 24.4. The Labute approximate surface area is 118 Å². The van der Waals surface area contributed by atoms with Crippen molar-refractivity contribution in [2.75, 3.05) is 13.1 Å². The van der Waals surface area contributed by atoms with E-state index in [1.807, 2.05) is 0 Å². The fourth-order valence-corrected chi connectivity index (χ4v) is 2.70. The summed E-state index contributed by atoms with van der Waals surface area (Å²) in [6.45, 7) is 0.924. The van der Waals surface area contributed by atoms with Crippen LogP contribution in [0.4, 0.5) is 4.39 Å². The summed E-state index contributed by atoms with van der Waals surface area (Å²) in [5, 5.41) is 8.74. The first-order chi connectivity index (χ1) is 8.99. The van der Waals surface area contributed by atoms with Gasteiger partial charge in [-0.1, -0.05) is 6.07 Å². The lowest BCUT2D eigenvalue weighted by Crippen LogP contribution is -2.29. The van der Waals surface area contributed by atoms with E-state index < -0.39 is 11.8 Å². The van der Waals surface area contributed by atoms with Gasteiger partial charge in [-0.3, -0.25) is 9.59 Å². The van der Waals surface area contributed by atoms with Crippen LogP contribution >= 0.6 is 15.9 Å². The highest BCUT2D eigenvalue weighted by Crippen LogP contribution is 2.26. The second-order valence-corrected chi connectivity index (χ2v) is 5.40. The highest BCUT2D eigenvalue weighted by molar-refractivity contribution is 9.10. The van der Waals surface area contributed by atoms with Crippen molar-refractivity contribution < 1.29 is 19.1 Å². The molecule has 1 atom stereocenters. The Hall–Kier alpha value is -1.43. The van der Waals surface area contributed by atoms with Gasteiger partial charge in [0, 0.05) is 19.5 Å². The molecule has 4 nitrogen and oxygen atoms in total. The number of carbonyl (C=O) groups excluding carboxylic acids is 1. The molecule has 0 aliphatic carbocycles. The van der Waals surface area contributed by atoms with Crippen LogP contribution in [0, 0.1) is 11.7 Å². The molecule has 0 radical (unpaired) electrons. The number of likely N-dealkylation sites (tertiary alicyclic amines) is 1. The van der Waals surface area contributed by atoms with Crippen LogP contribution in [0.2, 0.25) is 0 Å². The minimum absolute atomic E-state index is 0.0196. The van der Waals surface area contributed by atoms with Gasteiger partial charge in [-0.05, 0) is 40.4 Å². The molecule has 1 aromatic rings. The number of carboxylic acid groups (broad SMARTS) is 1. The van der Waals surface area contributed by atoms with E-state index in [-0.39, 0.29) is 28.3 Å². The number of amides is 1. The van der Waals surface area contributed by atoms with Gasteiger partial charge < -0.3 is 10.0 Å². The maximum atomic E-state index is 13.4. The van der Waals surface area contributed by atoms with Crippen molar-refractivity contribution in [3.63, 3.8) is 0 Å². The fourth-order valence-electron chi connectivity index (χ4n) is 2.27. The summed E-state index contributed by atoms with van der Waals surface area (Å²) < 4.78 is 13.5. The quantitative estimate of drug-likeness (QED) is 0.927. The normalized spacial score (nSPS) is 18.6. The largest absolute Gasteiger partial charge is 0.481 e. The van der Waals surface area contributed by atoms with Crippen LogP contribution in [0.15, 0.2) is 22.7 Å². The second kappa shape index (κ2) is 5.69. The summed E-state index contributed by atoms with van der Waals surface area (Å²) in [6, 6.07) is 4.32. The van der Waals surface area contributed by atoms with Crippen LogP contribution in [0.3, 0.4) is 0 Å². The summed E-state index contributed by atoms with van der Waals surface area (Å²) in [6.07, 6.45) is 0.735. The van der Waals surface area contributed by atoms with Gasteiger partial charge in [-0.15, -0.1) is 0 Å². The van der Waals surface area contributed by atoms with Gasteiger partial charge in [0.05, 0.1) is 10.0 Å². The molecular formula is C13H13BrFNO3. The average Bonchev–Trinajstić information content (AvgIpc) is 2.79. The molecule has 0 bridgehead atoms. The topological polar surface area (TPSA) is 57.6 Å². The molecule has 1 amide bonds. The highest BCUT2D eigenvalue weighted by atomic mass is 79.9. The van der Waals surface area contributed by atoms with Crippen molar-refractivity contribution >= 4 is 27.8 Å². The fraction of sp³-hybridized carbons (Fsp3) is 0.385. The minimum atomic E-state index is -0.855. The molecular weight excluding hydrogens is 317 g/mol. The first-order valence-corrected chi connectivity index (χ1v) is 6.73. The summed E-state index contributed by atoms with van der Waals surface area (Å²) >= 11 is 3.07. The molecule has 1 heterocycles. The van der Waals surface area contributed by atoms with Crippen molar-refractivity contribution in [2.45, 2.75) is 12.8 Å². The Morgan fingerprint density at radius 1 is 1.47 bits per heavy atom. The number of hydrogen-bond acceptors (Lipinski definition) is 2. The van der Waals surface area contributed by atoms with Crippen molar-refractivity contribution in [3.05, 3.63) is 34.1 Å². The van der Waals surface area contributed by atoms with E-state index in [9.17, 15) is 14.0 Å². The Bertz CT molecular complexity index is 521. The Balaban J connectivity index is 2.09. The molecule has 1 unspecified atom stereocenters. The van der Waals surface area contributed by atoms with Crippen LogP contribution in [0.25, 0.3) is 0 Å². The molecule has 0 spiro atoms. The van der Waals surface area contributed by atoms with Crippen molar-refractivity contribution in [3.8, 4) is 0 Å². The second-order valence-electron chi connectivity index (χ2n) is 4.61. The number of benzene rings is 1. The molecule has 1 N–H and O–H groups in total. The molecule has 1 aliphatic rings. The molecule has 1 aliphatic heterocycles. The Kier molecular flexibility index (Phi) is 4.19. The van der Waals surface area contributed by atoms with Crippen LogP contribution in [-0.4, -0.2) is 35.0 Å². The number of aliphatic carboxylic acids is 1. The predicted molar refractivity (Wildman–Crippen MR) is 70.4 cm³/mol. The first kappa shape index (κ1) is 14.0. The van der Waals surface area contributed by atoms with Gasteiger partial charge in [0.25, 0.3) is 5.91 Å². The van der Waals surface area contributed by atoms with Crippen LogP contribution < -0.4 is 0 Å². The maximum Gasteiger partial charge on any atom is 0.303 e. The number of hydrogen-bond donors (Lipinski definition) is 1. The van der Waals surface area contributed by atoms with Gasteiger partial charge in [0.1, 0.15) is 5.82 Å². The highest BCUT2D eigenvalue weighted by Gasteiger charge is 2.29. The predicted octanol–water partition coefficient (Wildman–Crippen LogP) is 2.53. The summed E-state index contributed by atoms with van der Waals surface area (Å²) in [7, 11) is 0. The van der Waals surface area contributed by atoms with E-state index in [4.69, 9.17) is 5.11 Å². The van der Waals surface area contributed by atoms with E-state index >= 15 is 0 Å². The lowest BCUT2D eigenvalue weighted by molar-refractivity contribution is -0.138. The standard InChI is InChI=1S/C13H13BrFNO3/c14-12-9(2-1-3-10(12)15)13(19)16-5-4-8(7-16)6-11(17)18/h1-3,8H,4-7H2,(H,17,18). The zero-order valence-electron chi connectivity index (χ0n) is 10.1. The number of rotatable bonds is 3. The summed E-state index contributed by atoms with van der Waals surface area (Å²) in [5.74, 6) is -1.62. The zero-order chi connectivity index (χ0) is 14.0. The van der Waals surface area contributed by atoms with Crippen molar-refractivity contribution in [1.29, 1.82) is 0 Å². The third kappa shape index (κ3) is 3.12. The smallest absolute Gasteiger partial charge is 0.303 e. The van der Waals surface area contributed by atoms with Crippen LogP contribution in [-0.2, 0) is 4.79 Å². The van der Waals surface area contributed by atoms with E-state index in [1.165, 1.54) is 12.1 Å². The maximum absolute atomic E-state index is 13.4. The molecule has 19 heavy (non-hydrogen) atoms. The lowest BCUT2D eigenvalue weighted by Gasteiger charge is -2.17. The monoisotopic (exact) mass is 329 g/mol. The molecule has 102 valence electrons. The zero-order valence-corrected chi connectivity index (χ0v) is 11.7. The van der Waals surface area contributed by atoms with E-state index in [1.54, 1.807) is 11.0 Å². The molecule has 1 aromatic carbocycles. The third-order valence-electron chi connectivity index (χ3n) is 3.22. The van der Waals surface area contributed by atoms with E-state index in [0.717, 1.165) is 0 Å². The molecule has 0 aromatic heterocycles. The van der Waals surface area contributed by atoms with Crippen LogP contribution in [0.5, 0.6) is 0 Å². The van der Waals surface area contributed by atoms with Gasteiger partial charge in [-0.25, -0.2) is 4.39 Å². The number of carboxylic acids is 1. The number of halogens is 2. The van der Waals surface area contributed by atoms with Crippen LogP contribution in [0.1, 0.15) is 23.2 Å². The number of carbonyl (C=O) groups is 2.